The number of Topliss-reactive ketones (excluding diaryl/α,β-unsaturated/α-hetero) is 2. The van der Waals surface area contributed by atoms with Gasteiger partial charge in [-0.05, 0) is 42.7 Å². The van der Waals surface area contributed by atoms with Crippen LogP contribution in [0, 0.1) is 13.8 Å². The van der Waals surface area contributed by atoms with Crippen molar-refractivity contribution in [2.75, 3.05) is 0 Å². The van der Waals surface area contributed by atoms with E-state index in [1.165, 1.54) is 50.2 Å². The average Bonchev–Trinajstić information content (AvgIpc) is 3.48. The van der Waals surface area contributed by atoms with Gasteiger partial charge in [-0.25, -0.2) is 0 Å². The SMILES string of the molecule is Cc1sc(Cl)cc1C1=C(c2cc(-c3ccc(C(=O)C(=O)c4ccccc4)cc3)sc2C)C(F)(F)C(F)(F)C1(F)F. The molecular weight excluding hydrogens is 594 g/mol. The Morgan fingerprint density at radius 1 is 0.675 bits per heavy atom. The largest absolute Gasteiger partial charge is 0.380 e. The maximum Gasteiger partial charge on any atom is 0.380 e. The van der Waals surface area contributed by atoms with Crippen LogP contribution < -0.4 is 0 Å². The lowest BCUT2D eigenvalue weighted by atomic mass is 9.95. The van der Waals surface area contributed by atoms with Crippen molar-refractivity contribution in [3.63, 3.8) is 0 Å². The second kappa shape index (κ2) is 9.71. The molecule has 0 aliphatic heterocycles. The smallest absolute Gasteiger partial charge is 0.285 e. The first-order valence-electron chi connectivity index (χ1n) is 11.7. The highest BCUT2D eigenvalue weighted by molar-refractivity contribution is 7.16. The standard InChI is InChI=1S/C29H17ClF6O2S2/c1-14-19(23-24(20-13-22(30)40-15(20)2)28(33,34)29(35,36)27(23,31)32)12-21(39-14)16-8-10-18(11-9-16)26(38)25(37)17-6-4-3-5-7-17/h3-13H,1-2H3. The predicted octanol–water partition coefficient (Wildman–Crippen LogP) is 9.64. The first-order valence-corrected chi connectivity index (χ1v) is 13.7. The summed E-state index contributed by atoms with van der Waals surface area (Å²) in [6, 6.07) is 15.8. The van der Waals surface area contributed by atoms with E-state index >= 15 is 17.6 Å². The van der Waals surface area contributed by atoms with Crippen LogP contribution in [0.2, 0.25) is 4.34 Å². The van der Waals surface area contributed by atoms with Crippen LogP contribution in [0.15, 0.2) is 66.7 Å². The van der Waals surface area contributed by atoms with E-state index < -0.39 is 51.6 Å². The van der Waals surface area contributed by atoms with E-state index in [0.29, 0.717) is 10.4 Å². The number of hydrogen-bond acceptors (Lipinski definition) is 4. The minimum atomic E-state index is -5.67. The molecule has 2 heterocycles. The van der Waals surface area contributed by atoms with Gasteiger partial charge >= 0.3 is 17.8 Å². The third-order valence-corrected chi connectivity index (χ3v) is 8.96. The number of aryl methyl sites for hydroxylation is 2. The summed E-state index contributed by atoms with van der Waals surface area (Å²) in [7, 11) is 0. The fraction of sp³-hybridized carbons (Fsp3) is 0.172. The van der Waals surface area contributed by atoms with Gasteiger partial charge in [0.05, 0.1) is 4.34 Å². The highest BCUT2D eigenvalue weighted by Gasteiger charge is 2.80. The Morgan fingerprint density at radius 3 is 1.65 bits per heavy atom. The number of benzene rings is 2. The topological polar surface area (TPSA) is 34.1 Å². The van der Waals surface area contributed by atoms with E-state index in [1.54, 1.807) is 18.2 Å². The number of carbonyl (C=O) groups excluding carboxylic acids is 2. The summed E-state index contributed by atoms with van der Waals surface area (Å²) in [5.74, 6) is -17.5. The lowest BCUT2D eigenvalue weighted by Gasteiger charge is -2.25. The molecule has 0 N–H and O–H groups in total. The molecule has 0 unspecified atom stereocenters. The summed E-state index contributed by atoms with van der Waals surface area (Å²) >= 11 is 7.68. The van der Waals surface area contributed by atoms with Gasteiger partial charge in [0.15, 0.2) is 0 Å². The maximum absolute atomic E-state index is 15.2. The summed E-state index contributed by atoms with van der Waals surface area (Å²) in [5, 5.41) is 0. The van der Waals surface area contributed by atoms with Crippen LogP contribution in [0.5, 0.6) is 0 Å². The first kappa shape index (κ1) is 28.3. The molecule has 2 aromatic heterocycles. The zero-order valence-electron chi connectivity index (χ0n) is 20.6. The molecule has 0 atom stereocenters. The second-order valence-electron chi connectivity index (χ2n) is 9.18. The van der Waals surface area contributed by atoms with Gasteiger partial charge < -0.3 is 0 Å². The number of carbonyl (C=O) groups is 2. The summed E-state index contributed by atoms with van der Waals surface area (Å²) in [6.45, 7) is 2.72. The van der Waals surface area contributed by atoms with E-state index in [-0.39, 0.29) is 25.2 Å². The Balaban J connectivity index is 1.58. The third-order valence-electron chi connectivity index (χ3n) is 6.68. The predicted molar refractivity (Wildman–Crippen MR) is 145 cm³/mol. The number of thiophene rings is 2. The van der Waals surface area contributed by atoms with Crippen molar-refractivity contribution in [2.24, 2.45) is 0 Å². The van der Waals surface area contributed by atoms with Crippen molar-refractivity contribution >= 4 is 57.0 Å². The molecule has 2 aromatic carbocycles. The first-order chi connectivity index (χ1) is 18.7. The van der Waals surface area contributed by atoms with Crippen molar-refractivity contribution < 1.29 is 35.9 Å². The number of hydrogen-bond donors (Lipinski definition) is 0. The monoisotopic (exact) mass is 610 g/mol. The molecule has 206 valence electrons. The number of rotatable bonds is 6. The molecule has 4 aromatic rings. The minimum absolute atomic E-state index is 0.00297. The molecule has 0 fully saturated rings. The van der Waals surface area contributed by atoms with E-state index in [2.05, 4.69) is 0 Å². The lowest BCUT2D eigenvalue weighted by Crippen LogP contribution is -2.48. The molecule has 0 saturated carbocycles. The molecule has 1 aliphatic rings. The third kappa shape index (κ3) is 4.24. The zero-order chi connectivity index (χ0) is 29.2. The fourth-order valence-corrected chi connectivity index (χ4v) is 6.86. The minimum Gasteiger partial charge on any atom is -0.285 e. The van der Waals surface area contributed by atoms with Crippen molar-refractivity contribution in [3.8, 4) is 10.4 Å². The average molecular weight is 611 g/mol. The van der Waals surface area contributed by atoms with Gasteiger partial charge in [0.1, 0.15) is 0 Å². The van der Waals surface area contributed by atoms with Crippen molar-refractivity contribution in [3.05, 3.63) is 103 Å². The Bertz CT molecular complexity index is 1690. The van der Waals surface area contributed by atoms with Gasteiger partial charge in [0.25, 0.3) is 0 Å². The molecule has 5 rings (SSSR count). The normalized spacial score (nSPS) is 17.3. The van der Waals surface area contributed by atoms with Crippen LogP contribution in [0.25, 0.3) is 21.6 Å². The maximum atomic E-state index is 15.2. The molecular formula is C29H17ClF6O2S2. The summed E-state index contributed by atoms with van der Waals surface area (Å²) in [6.07, 6.45) is 0. The summed E-state index contributed by atoms with van der Waals surface area (Å²) in [4.78, 5) is 25.7. The quantitative estimate of drug-likeness (QED) is 0.124. The molecule has 0 bridgehead atoms. The van der Waals surface area contributed by atoms with Gasteiger partial charge in [-0.1, -0.05) is 66.2 Å². The number of ketones is 2. The number of alkyl halides is 6. The molecule has 40 heavy (non-hydrogen) atoms. The Hall–Kier alpha value is -3.21. The number of allylic oxidation sites excluding steroid dienone is 2. The fourth-order valence-electron chi connectivity index (χ4n) is 4.64. The lowest BCUT2D eigenvalue weighted by molar-refractivity contribution is -0.254. The van der Waals surface area contributed by atoms with Gasteiger partial charge in [0, 0.05) is 36.9 Å². The van der Waals surface area contributed by atoms with E-state index in [9.17, 15) is 18.4 Å². The molecule has 1 aliphatic carbocycles. The second-order valence-corrected chi connectivity index (χ2v) is 12.3. The van der Waals surface area contributed by atoms with Crippen molar-refractivity contribution in [1.82, 2.24) is 0 Å². The molecule has 11 heteroatoms. The van der Waals surface area contributed by atoms with Gasteiger partial charge in [-0.2, -0.15) is 26.3 Å². The van der Waals surface area contributed by atoms with Crippen LogP contribution in [-0.4, -0.2) is 29.3 Å². The Kier molecular flexibility index (Phi) is 6.88. The Morgan fingerprint density at radius 2 is 1.15 bits per heavy atom. The molecule has 0 saturated heterocycles. The number of halogens is 7. The molecule has 0 spiro atoms. The molecule has 2 nitrogen and oxygen atoms in total. The van der Waals surface area contributed by atoms with Crippen LogP contribution in [-0.2, 0) is 0 Å². The highest BCUT2D eigenvalue weighted by atomic mass is 35.5. The van der Waals surface area contributed by atoms with Crippen molar-refractivity contribution in [2.45, 2.75) is 31.6 Å². The van der Waals surface area contributed by atoms with E-state index in [0.717, 1.165) is 34.8 Å². The summed E-state index contributed by atoms with van der Waals surface area (Å²) in [5.41, 5.74) is -3.06. The van der Waals surface area contributed by atoms with Gasteiger partial charge in [0.2, 0.25) is 11.6 Å². The molecule has 0 amide bonds. The zero-order valence-corrected chi connectivity index (χ0v) is 23.0. The Labute approximate surface area is 237 Å². The van der Waals surface area contributed by atoms with Crippen LogP contribution in [0.3, 0.4) is 0 Å². The van der Waals surface area contributed by atoms with Crippen LogP contribution in [0.4, 0.5) is 26.3 Å². The van der Waals surface area contributed by atoms with E-state index in [1.807, 2.05) is 0 Å². The van der Waals surface area contributed by atoms with Crippen LogP contribution >= 0.6 is 34.3 Å². The van der Waals surface area contributed by atoms with Crippen LogP contribution in [0.1, 0.15) is 41.6 Å². The summed E-state index contributed by atoms with van der Waals surface area (Å²) < 4.78 is 89.9. The van der Waals surface area contributed by atoms with Gasteiger partial charge in [-0.15, -0.1) is 22.7 Å². The highest BCUT2D eigenvalue weighted by Crippen LogP contribution is 2.66. The van der Waals surface area contributed by atoms with Crippen molar-refractivity contribution in [1.29, 1.82) is 0 Å². The van der Waals surface area contributed by atoms with Gasteiger partial charge in [-0.3, -0.25) is 9.59 Å². The molecule has 0 radical (unpaired) electrons. The van der Waals surface area contributed by atoms with E-state index in [4.69, 9.17) is 11.6 Å².